The first-order valence-electron chi connectivity index (χ1n) is 5.32. The van der Waals surface area contributed by atoms with Gasteiger partial charge in [0.1, 0.15) is 0 Å². The van der Waals surface area contributed by atoms with Gasteiger partial charge in [-0.15, -0.1) is 0 Å². The Kier molecular flexibility index (Phi) is 3.56. The smallest absolute Gasteiger partial charge is 0.0753 e. The molecule has 1 fully saturated rings. The van der Waals surface area contributed by atoms with Crippen molar-refractivity contribution in [3.63, 3.8) is 0 Å². The molecule has 1 aliphatic heterocycles. The van der Waals surface area contributed by atoms with Gasteiger partial charge in [0.25, 0.3) is 0 Å². The fourth-order valence-electron chi connectivity index (χ4n) is 1.90. The Morgan fingerprint density at radius 2 is 2.07 bits per heavy atom. The zero-order valence-electron chi connectivity index (χ0n) is 9.84. The van der Waals surface area contributed by atoms with Gasteiger partial charge in [-0.05, 0) is 13.8 Å². The maximum Gasteiger partial charge on any atom is 0.0753 e. The van der Waals surface area contributed by atoms with Crippen LogP contribution >= 0.6 is 0 Å². The highest BCUT2D eigenvalue weighted by Gasteiger charge is 2.30. The number of aliphatic hydroxyl groups is 1. The van der Waals surface area contributed by atoms with E-state index in [2.05, 4.69) is 32.6 Å². The van der Waals surface area contributed by atoms with Crippen molar-refractivity contribution < 1.29 is 9.84 Å². The maximum atomic E-state index is 9.20. The zero-order chi connectivity index (χ0) is 10.8. The molecule has 1 saturated heterocycles. The number of ether oxygens (including phenoxy) is 1. The van der Waals surface area contributed by atoms with Crippen LogP contribution in [0.3, 0.4) is 0 Å². The van der Waals surface area contributed by atoms with Crippen LogP contribution in [-0.4, -0.2) is 48.5 Å². The summed E-state index contributed by atoms with van der Waals surface area (Å²) < 4.78 is 5.64. The van der Waals surface area contributed by atoms with E-state index in [9.17, 15) is 5.11 Å². The molecule has 0 unspecified atom stereocenters. The average molecular weight is 201 g/mol. The lowest BCUT2D eigenvalue weighted by molar-refractivity contribution is -0.0949. The number of aliphatic hydroxyl groups excluding tert-OH is 1. The predicted octanol–water partition coefficient (Wildman–Crippen LogP) is 1.12. The second kappa shape index (κ2) is 4.17. The molecular weight excluding hydrogens is 178 g/mol. The highest BCUT2D eigenvalue weighted by atomic mass is 16.5. The second-order valence-corrected chi connectivity index (χ2v) is 5.64. The molecule has 3 nitrogen and oxygen atoms in total. The number of nitrogens with zero attached hydrogens (tertiary/aromatic N) is 1. The van der Waals surface area contributed by atoms with Gasteiger partial charge in [-0.3, -0.25) is 4.90 Å². The molecule has 0 atom stereocenters. The SMILES string of the molecule is CC(C)(CO)CN1CCOC(C)(C)C1. The van der Waals surface area contributed by atoms with Crippen LogP contribution in [0.2, 0.25) is 0 Å². The molecule has 14 heavy (non-hydrogen) atoms. The van der Waals surface area contributed by atoms with Crippen LogP contribution in [0.25, 0.3) is 0 Å². The molecule has 0 saturated carbocycles. The highest BCUT2D eigenvalue weighted by Crippen LogP contribution is 2.21. The van der Waals surface area contributed by atoms with Crippen LogP contribution in [-0.2, 0) is 4.74 Å². The van der Waals surface area contributed by atoms with E-state index < -0.39 is 0 Å². The molecule has 0 spiro atoms. The summed E-state index contributed by atoms with van der Waals surface area (Å²) in [5.41, 5.74) is -0.0444. The minimum Gasteiger partial charge on any atom is -0.396 e. The van der Waals surface area contributed by atoms with Crippen molar-refractivity contribution in [3.05, 3.63) is 0 Å². The Hall–Kier alpha value is -0.120. The minimum absolute atomic E-state index is 0.00653. The highest BCUT2D eigenvalue weighted by molar-refractivity contribution is 4.82. The average Bonchev–Trinajstić information content (AvgIpc) is 2.01. The molecule has 0 aliphatic carbocycles. The molecule has 0 aromatic rings. The van der Waals surface area contributed by atoms with Crippen LogP contribution in [0, 0.1) is 5.41 Å². The Balaban J connectivity index is 2.46. The lowest BCUT2D eigenvalue weighted by atomic mass is 9.93. The maximum absolute atomic E-state index is 9.20. The number of rotatable bonds is 3. The van der Waals surface area contributed by atoms with Gasteiger partial charge in [0.05, 0.1) is 12.2 Å². The van der Waals surface area contributed by atoms with E-state index in [0.717, 1.165) is 26.2 Å². The van der Waals surface area contributed by atoms with Gasteiger partial charge in [-0.2, -0.15) is 0 Å². The van der Waals surface area contributed by atoms with E-state index in [1.807, 2.05) is 0 Å². The summed E-state index contributed by atoms with van der Waals surface area (Å²) >= 11 is 0. The zero-order valence-corrected chi connectivity index (χ0v) is 9.84. The third-order valence-electron chi connectivity index (χ3n) is 2.58. The van der Waals surface area contributed by atoms with Gasteiger partial charge in [-0.25, -0.2) is 0 Å². The van der Waals surface area contributed by atoms with Gasteiger partial charge < -0.3 is 9.84 Å². The first-order chi connectivity index (χ1) is 6.35. The standard InChI is InChI=1S/C11H23NO2/c1-10(2,9-13)7-12-5-6-14-11(3,4)8-12/h13H,5-9H2,1-4H3. The van der Waals surface area contributed by atoms with Crippen molar-refractivity contribution in [2.24, 2.45) is 5.41 Å². The quantitative estimate of drug-likeness (QED) is 0.742. The summed E-state index contributed by atoms with van der Waals surface area (Å²) in [6.07, 6.45) is 0. The minimum atomic E-state index is -0.0379. The monoisotopic (exact) mass is 201 g/mol. The second-order valence-electron chi connectivity index (χ2n) is 5.64. The Morgan fingerprint density at radius 3 is 2.57 bits per heavy atom. The van der Waals surface area contributed by atoms with Crippen molar-refractivity contribution in [1.82, 2.24) is 4.90 Å². The van der Waals surface area contributed by atoms with Gasteiger partial charge in [-0.1, -0.05) is 13.8 Å². The summed E-state index contributed by atoms with van der Waals surface area (Å²) in [6.45, 7) is 12.3. The van der Waals surface area contributed by atoms with Gasteiger partial charge in [0.15, 0.2) is 0 Å². The van der Waals surface area contributed by atoms with Crippen molar-refractivity contribution >= 4 is 0 Å². The summed E-state index contributed by atoms with van der Waals surface area (Å²) in [5.74, 6) is 0. The summed E-state index contributed by atoms with van der Waals surface area (Å²) in [7, 11) is 0. The number of hydrogen-bond acceptors (Lipinski definition) is 3. The largest absolute Gasteiger partial charge is 0.396 e. The normalized spacial score (nSPS) is 23.8. The molecular formula is C11H23NO2. The van der Waals surface area contributed by atoms with E-state index in [4.69, 9.17) is 4.74 Å². The van der Waals surface area contributed by atoms with E-state index in [-0.39, 0.29) is 17.6 Å². The number of morpholine rings is 1. The van der Waals surface area contributed by atoms with Gasteiger partial charge in [0.2, 0.25) is 0 Å². The summed E-state index contributed by atoms with van der Waals surface area (Å²) in [4.78, 5) is 2.37. The lowest BCUT2D eigenvalue weighted by Crippen LogP contribution is -2.51. The van der Waals surface area contributed by atoms with Crippen LogP contribution in [0.1, 0.15) is 27.7 Å². The lowest BCUT2D eigenvalue weighted by Gasteiger charge is -2.41. The van der Waals surface area contributed by atoms with Crippen LogP contribution in [0.5, 0.6) is 0 Å². The van der Waals surface area contributed by atoms with Crippen molar-refractivity contribution in [1.29, 1.82) is 0 Å². The van der Waals surface area contributed by atoms with E-state index >= 15 is 0 Å². The van der Waals surface area contributed by atoms with Crippen LogP contribution in [0.15, 0.2) is 0 Å². The fourth-order valence-corrected chi connectivity index (χ4v) is 1.90. The Labute approximate surface area is 87.1 Å². The topological polar surface area (TPSA) is 32.7 Å². The molecule has 84 valence electrons. The van der Waals surface area contributed by atoms with Crippen molar-refractivity contribution in [3.8, 4) is 0 Å². The van der Waals surface area contributed by atoms with E-state index in [0.29, 0.717) is 0 Å². The molecule has 0 aromatic heterocycles. The molecule has 0 bridgehead atoms. The van der Waals surface area contributed by atoms with Crippen molar-refractivity contribution in [2.45, 2.75) is 33.3 Å². The van der Waals surface area contributed by atoms with Crippen LogP contribution < -0.4 is 0 Å². The molecule has 0 radical (unpaired) electrons. The molecule has 1 heterocycles. The molecule has 1 aliphatic rings. The van der Waals surface area contributed by atoms with E-state index in [1.54, 1.807) is 0 Å². The van der Waals surface area contributed by atoms with Gasteiger partial charge in [0, 0.05) is 31.7 Å². The fraction of sp³-hybridized carbons (Fsp3) is 1.00. The Morgan fingerprint density at radius 1 is 1.43 bits per heavy atom. The number of hydrogen-bond donors (Lipinski definition) is 1. The summed E-state index contributed by atoms with van der Waals surface area (Å²) in [6, 6.07) is 0. The molecule has 0 aromatic carbocycles. The predicted molar refractivity (Wildman–Crippen MR) is 57.3 cm³/mol. The molecule has 0 amide bonds. The molecule has 1 N–H and O–H groups in total. The third kappa shape index (κ3) is 3.56. The third-order valence-corrected chi connectivity index (χ3v) is 2.58. The molecule has 1 rings (SSSR count). The van der Waals surface area contributed by atoms with Crippen LogP contribution in [0.4, 0.5) is 0 Å². The first kappa shape index (κ1) is 12.0. The van der Waals surface area contributed by atoms with Crippen molar-refractivity contribution in [2.75, 3.05) is 32.8 Å². The summed E-state index contributed by atoms with van der Waals surface area (Å²) in [5, 5.41) is 9.20. The van der Waals surface area contributed by atoms with Gasteiger partial charge >= 0.3 is 0 Å². The molecule has 3 heteroatoms. The first-order valence-corrected chi connectivity index (χ1v) is 5.32. The van der Waals surface area contributed by atoms with E-state index in [1.165, 1.54) is 0 Å². The Bertz CT molecular complexity index is 190.